The van der Waals surface area contributed by atoms with Crippen molar-refractivity contribution in [1.29, 1.82) is 0 Å². The van der Waals surface area contributed by atoms with Crippen molar-refractivity contribution in [3.8, 4) is 0 Å². The molecule has 0 radical (unpaired) electrons. The van der Waals surface area contributed by atoms with Gasteiger partial charge in [0.2, 0.25) is 5.13 Å². The minimum atomic E-state index is -0.0839. The van der Waals surface area contributed by atoms with Crippen molar-refractivity contribution in [3.05, 3.63) is 24.3 Å². The fraction of sp³-hybridized carbons (Fsp3) is 0.438. The molecule has 2 heterocycles. The van der Waals surface area contributed by atoms with Crippen molar-refractivity contribution in [2.24, 2.45) is 16.9 Å². The SMILES string of the molecule is CC1=NN(c2nc3ccccc3s2)C(=O)[C@@H]1CCC(C)C. The van der Waals surface area contributed by atoms with Gasteiger partial charge in [-0.05, 0) is 37.8 Å². The van der Waals surface area contributed by atoms with E-state index in [1.54, 1.807) is 0 Å². The number of fused-ring (bicyclic) bond motifs is 1. The number of nitrogens with zero attached hydrogens (tertiary/aromatic N) is 3. The molecule has 1 aliphatic heterocycles. The molecule has 1 aliphatic rings. The van der Waals surface area contributed by atoms with Crippen LogP contribution in [0, 0.1) is 11.8 Å². The van der Waals surface area contributed by atoms with E-state index < -0.39 is 0 Å². The van der Waals surface area contributed by atoms with Gasteiger partial charge in [-0.3, -0.25) is 4.79 Å². The van der Waals surface area contributed by atoms with E-state index >= 15 is 0 Å². The number of carbonyl (C=O) groups is 1. The summed E-state index contributed by atoms with van der Waals surface area (Å²) in [5.74, 6) is 0.578. The van der Waals surface area contributed by atoms with Crippen molar-refractivity contribution in [1.82, 2.24) is 4.98 Å². The molecule has 1 atom stereocenters. The summed E-state index contributed by atoms with van der Waals surface area (Å²) in [6.45, 7) is 6.30. The zero-order chi connectivity index (χ0) is 15.0. The standard InChI is InChI=1S/C16H19N3OS/c1-10(2)8-9-12-11(3)18-19(15(12)20)16-17-13-6-4-5-7-14(13)21-16/h4-7,10,12H,8-9H2,1-3H3/t12-/m1/s1. The van der Waals surface area contributed by atoms with E-state index in [1.165, 1.54) is 16.3 Å². The molecule has 1 aromatic heterocycles. The number of thiazole rings is 1. The Bertz CT molecular complexity index is 671. The fourth-order valence-corrected chi connectivity index (χ4v) is 3.45. The normalized spacial score (nSPS) is 18.9. The van der Waals surface area contributed by atoms with E-state index in [0.29, 0.717) is 11.0 Å². The van der Waals surface area contributed by atoms with Gasteiger partial charge in [-0.15, -0.1) is 0 Å². The van der Waals surface area contributed by atoms with Crippen molar-refractivity contribution in [3.63, 3.8) is 0 Å². The number of hydrogen-bond donors (Lipinski definition) is 0. The molecule has 0 spiro atoms. The Kier molecular flexibility index (Phi) is 3.76. The second-order valence-corrected chi connectivity index (χ2v) is 6.89. The van der Waals surface area contributed by atoms with Gasteiger partial charge in [0.15, 0.2) is 0 Å². The first-order valence-corrected chi connectivity index (χ1v) is 8.12. The third-order valence-electron chi connectivity index (χ3n) is 3.77. The summed E-state index contributed by atoms with van der Waals surface area (Å²) < 4.78 is 1.08. The molecule has 0 bridgehead atoms. The number of amides is 1. The van der Waals surface area contributed by atoms with Crippen LogP contribution in [0.2, 0.25) is 0 Å². The van der Waals surface area contributed by atoms with E-state index in [-0.39, 0.29) is 11.8 Å². The topological polar surface area (TPSA) is 45.6 Å². The lowest BCUT2D eigenvalue weighted by atomic mass is 9.94. The Morgan fingerprint density at radius 1 is 1.33 bits per heavy atom. The van der Waals surface area contributed by atoms with Crippen LogP contribution < -0.4 is 5.01 Å². The molecular weight excluding hydrogens is 282 g/mol. The molecule has 3 rings (SSSR count). The zero-order valence-electron chi connectivity index (χ0n) is 12.5. The molecule has 0 saturated heterocycles. The van der Waals surface area contributed by atoms with Gasteiger partial charge < -0.3 is 0 Å². The summed E-state index contributed by atoms with van der Waals surface area (Å²) in [6.07, 6.45) is 1.91. The number of benzene rings is 1. The first-order chi connectivity index (χ1) is 10.1. The van der Waals surface area contributed by atoms with Gasteiger partial charge in [0.25, 0.3) is 5.91 Å². The van der Waals surface area contributed by atoms with Crippen molar-refractivity contribution < 1.29 is 4.79 Å². The van der Waals surface area contributed by atoms with Crippen LogP contribution >= 0.6 is 11.3 Å². The van der Waals surface area contributed by atoms with Crippen LogP contribution in [0.1, 0.15) is 33.6 Å². The second-order valence-electron chi connectivity index (χ2n) is 5.88. The highest BCUT2D eigenvalue weighted by Gasteiger charge is 2.35. The molecule has 21 heavy (non-hydrogen) atoms. The molecule has 2 aromatic rings. The van der Waals surface area contributed by atoms with Gasteiger partial charge >= 0.3 is 0 Å². The van der Waals surface area contributed by atoms with Crippen LogP contribution in [-0.4, -0.2) is 16.6 Å². The molecule has 4 nitrogen and oxygen atoms in total. The lowest BCUT2D eigenvalue weighted by Gasteiger charge is -2.12. The van der Waals surface area contributed by atoms with Crippen LogP contribution in [0.3, 0.4) is 0 Å². The molecule has 110 valence electrons. The van der Waals surface area contributed by atoms with Gasteiger partial charge in [0.05, 0.1) is 16.1 Å². The quantitative estimate of drug-likeness (QED) is 0.854. The number of hydrogen-bond acceptors (Lipinski definition) is 4. The molecule has 1 aromatic carbocycles. The summed E-state index contributed by atoms with van der Waals surface area (Å²) in [5.41, 5.74) is 1.82. The summed E-state index contributed by atoms with van der Waals surface area (Å²) in [4.78, 5) is 17.1. The maximum Gasteiger partial charge on any atom is 0.258 e. The van der Waals surface area contributed by atoms with Crippen molar-refractivity contribution in [2.45, 2.75) is 33.6 Å². The van der Waals surface area contributed by atoms with Gasteiger partial charge in [0, 0.05) is 5.71 Å². The fourth-order valence-electron chi connectivity index (χ4n) is 2.52. The maximum atomic E-state index is 12.6. The van der Waals surface area contributed by atoms with E-state index in [9.17, 15) is 4.79 Å². The average molecular weight is 301 g/mol. The third-order valence-corrected chi connectivity index (χ3v) is 4.78. The number of hydrazone groups is 1. The first kappa shape index (κ1) is 14.2. The summed E-state index contributed by atoms with van der Waals surface area (Å²) in [5, 5.41) is 6.61. The van der Waals surface area contributed by atoms with Crippen LogP contribution in [0.4, 0.5) is 5.13 Å². The highest BCUT2D eigenvalue weighted by atomic mass is 32.1. The smallest absolute Gasteiger partial charge is 0.258 e. The number of para-hydroxylation sites is 1. The third kappa shape index (κ3) is 2.70. The van der Waals surface area contributed by atoms with Gasteiger partial charge in [-0.2, -0.15) is 10.1 Å². The van der Waals surface area contributed by atoms with Gasteiger partial charge in [0.1, 0.15) is 0 Å². The molecule has 0 saturated carbocycles. The highest BCUT2D eigenvalue weighted by molar-refractivity contribution is 7.22. The van der Waals surface area contributed by atoms with Crippen LogP contribution in [-0.2, 0) is 4.79 Å². The van der Waals surface area contributed by atoms with Crippen molar-refractivity contribution >= 4 is 38.3 Å². The second kappa shape index (κ2) is 5.56. The van der Waals surface area contributed by atoms with Gasteiger partial charge in [-0.25, -0.2) is 4.98 Å². The molecule has 5 heteroatoms. The summed E-state index contributed by atoms with van der Waals surface area (Å²) in [6, 6.07) is 7.92. The monoisotopic (exact) mass is 301 g/mol. The Morgan fingerprint density at radius 3 is 2.81 bits per heavy atom. The molecule has 1 amide bonds. The summed E-state index contributed by atoms with van der Waals surface area (Å²) in [7, 11) is 0. The minimum Gasteiger partial charge on any atom is -0.272 e. The Hall–Kier alpha value is -1.75. The zero-order valence-corrected chi connectivity index (χ0v) is 13.4. The average Bonchev–Trinajstić information content (AvgIpc) is 2.98. The van der Waals surface area contributed by atoms with E-state index in [0.717, 1.165) is 28.8 Å². The Labute approximate surface area is 128 Å². The summed E-state index contributed by atoms with van der Waals surface area (Å²) >= 11 is 1.51. The lowest BCUT2D eigenvalue weighted by Crippen LogP contribution is -2.27. The van der Waals surface area contributed by atoms with E-state index in [2.05, 4.69) is 23.9 Å². The predicted octanol–water partition coefficient (Wildman–Crippen LogP) is 4.07. The number of anilines is 1. The Balaban J connectivity index is 1.85. The predicted molar refractivity (Wildman–Crippen MR) is 87.8 cm³/mol. The molecule has 0 unspecified atom stereocenters. The van der Waals surface area contributed by atoms with E-state index in [1.807, 2.05) is 31.2 Å². The molecule has 0 aliphatic carbocycles. The Morgan fingerprint density at radius 2 is 2.10 bits per heavy atom. The van der Waals surface area contributed by atoms with Crippen LogP contribution in [0.15, 0.2) is 29.4 Å². The number of aromatic nitrogens is 1. The van der Waals surface area contributed by atoms with E-state index in [4.69, 9.17) is 0 Å². The molecular formula is C16H19N3OS. The minimum absolute atomic E-state index is 0.0622. The van der Waals surface area contributed by atoms with Crippen LogP contribution in [0.5, 0.6) is 0 Å². The number of rotatable bonds is 4. The largest absolute Gasteiger partial charge is 0.272 e. The number of carbonyl (C=O) groups excluding carboxylic acids is 1. The van der Waals surface area contributed by atoms with Gasteiger partial charge in [-0.1, -0.05) is 37.3 Å². The highest BCUT2D eigenvalue weighted by Crippen LogP contribution is 2.33. The van der Waals surface area contributed by atoms with Crippen LogP contribution in [0.25, 0.3) is 10.2 Å². The molecule has 0 N–H and O–H groups in total. The first-order valence-electron chi connectivity index (χ1n) is 7.31. The molecule has 0 fully saturated rings. The maximum absolute atomic E-state index is 12.6. The van der Waals surface area contributed by atoms with Crippen molar-refractivity contribution in [2.75, 3.05) is 5.01 Å². The lowest BCUT2D eigenvalue weighted by molar-refractivity contribution is -0.119.